The van der Waals surface area contributed by atoms with Crippen molar-refractivity contribution in [2.45, 2.75) is 19.4 Å². The molecule has 0 fully saturated rings. The van der Waals surface area contributed by atoms with Gasteiger partial charge in [-0.05, 0) is 53.9 Å². The molecule has 10 heteroatoms. The van der Waals surface area contributed by atoms with Gasteiger partial charge in [-0.3, -0.25) is 14.6 Å². The van der Waals surface area contributed by atoms with E-state index < -0.39 is 17.9 Å². The lowest BCUT2D eigenvalue weighted by molar-refractivity contribution is -0.139. The molecule has 2 heterocycles. The van der Waals surface area contributed by atoms with Crippen LogP contribution in [0.2, 0.25) is 15.1 Å². The van der Waals surface area contributed by atoms with E-state index in [1.165, 1.54) is 12.1 Å². The molecule has 0 aliphatic rings. The maximum absolute atomic E-state index is 13.6. The molecular formula is C30H22Cl3N3O4. The molecule has 0 bridgehead atoms. The highest BCUT2D eigenvalue weighted by molar-refractivity contribution is 6.39. The summed E-state index contributed by atoms with van der Waals surface area (Å²) in [5.74, 6) is -1.94. The molecule has 5 rings (SSSR count). The monoisotopic (exact) mass is 593 g/mol. The Bertz CT molecular complexity index is 1880. The number of halogens is 3. The van der Waals surface area contributed by atoms with Crippen LogP contribution < -0.4 is 10.9 Å². The van der Waals surface area contributed by atoms with Gasteiger partial charge in [0.1, 0.15) is 6.04 Å². The van der Waals surface area contributed by atoms with Gasteiger partial charge in [-0.25, -0.2) is 4.79 Å². The Morgan fingerprint density at radius 2 is 1.73 bits per heavy atom. The molecule has 0 aliphatic heterocycles. The van der Waals surface area contributed by atoms with Crippen LogP contribution in [0.5, 0.6) is 0 Å². The highest BCUT2D eigenvalue weighted by Crippen LogP contribution is 2.34. The molecule has 5 aromatic rings. The molecule has 0 spiro atoms. The first-order chi connectivity index (χ1) is 19.1. The van der Waals surface area contributed by atoms with E-state index in [0.717, 1.165) is 16.5 Å². The SMILES string of the molecule is Cc1c(-c2ccc(C[C@H](NC(=O)c3c(Cl)cccc3Cl)C(=O)O)c3ncccc23)c(=O)n(C)c2cc(Cl)ccc12. The van der Waals surface area contributed by atoms with Crippen molar-refractivity contribution in [1.29, 1.82) is 0 Å². The number of benzene rings is 3. The van der Waals surface area contributed by atoms with Crippen molar-refractivity contribution in [2.75, 3.05) is 0 Å². The normalized spacial score (nSPS) is 12.0. The maximum Gasteiger partial charge on any atom is 0.326 e. The number of carboxylic acid groups (broad SMARTS) is 1. The summed E-state index contributed by atoms with van der Waals surface area (Å²) in [6, 6.07) is 15.8. The molecule has 0 radical (unpaired) electrons. The predicted octanol–water partition coefficient (Wildman–Crippen LogP) is 6.45. The van der Waals surface area contributed by atoms with Crippen molar-refractivity contribution in [1.82, 2.24) is 14.9 Å². The van der Waals surface area contributed by atoms with Crippen LogP contribution in [-0.4, -0.2) is 32.6 Å². The largest absolute Gasteiger partial charge is 0.480 e. The van der Waals surface area contributed by atoms with Crippen molar-refractivity contribution in [3.05, 3.63) is 109 Å². The zero-order valence-corrected chi connectivity index (χ0v) is 23.6. The molecule has 1 amide bonds. The van der Waals surface area contributed by atoms with Gasteiger partial charge in [-0.15, -0.1) is 0 Å². The molecule has 7 nitrogen and oxygen atoms in total. The summed E-state index contributed by atoms with van der Waals surface area (Å²) in [5.41, 5.74) is 3.60. The van der Waals surface area contributed by atoms with E-state index in [1.807, 2.05) is 19.1 Å². The van der Waals surface area contributed by atoms with E-state index in [2.05, 4.69) is 10.3 Å². The standard InChI is InChI=1S/C30H22Cl3N3O4/c1-15-18-11-9-17(31)14-24(18)36(2)29(38)25(15)19-10-8-16(27-20(19)5-4-12-34-27)13-23(30(39)40)35-28(37)26-21(32)6-3-7-22(26)33/h3-12,14,23H,13H2,1-2H3,(H,35,37)(H,39,40)/t23-/m0/s1. The van der Waals surface area contributed by atoms with Crippen molar-refractivity contribution < 1.29 is 14.7 Å². The van der Waals surface area contributed by atoms with Crippen LogP contribution >= 0.6 is 34.8 Å². The highest BCUT2D eigenvalue weighted by atomic mass is 35.5. The Hall–Kier alpha value is -3.91. The van der Waals surface area contributed by atoms with Crippen LogP contribution in [0.1, 0.15) is 21.5 Å². The first-order valence-electron chi connectivity index (χ1n) is 12.2. The van der Waals surface area contributed by atoms with Gasteiger partial charge in [0.2, 0.25) is 0 Å². The number of aliphatic carboxylic acids is 1. The fourth-order valence-electron chi connectivity index (χ4n) is 4.97. The fraction of sp³-hybridized carbons (Fsp3) is 0.133. The lowest BCUT2D eigenvalue weighted by Gasteiger charge is -2.18. The van der Waals surface area contributed by atoms with Crippen molar-refractivity contribution in [3.63, 3.8) is 0 Å². The highest BCUT2D eigenvalue weighted by Gasteiger charge is 2.26. The van der Waals surface area contributed by atoms with Gasteiger partial charge in [0.25, 0.3) is 11.5 Å². The van der Waals surface area contributed by atoms with Gasteiger partial charge in [0.05, 0.1) is 32.2 Å². The molecule has 0 aliphatic carbocycles. The van der Waals surface area contributed by atoms with Crippen molar-refractivity contribution in [3.8, 4) is 11.1 Å². The second kappa shape index (κ2) is 10.9. The number of carbonyl (C=O) groups is 2. The predicted molar refractivity (Wildman–Crippen MR) is 159 cm³/mol. The molecule has 0 saturated heterocycles. The van der Waals surface area contributed by atoms with Crippen LogP contribution in [0.4, 0.5) is 0 Å². The Labute approximate surface area is 243 Å². The van der Waals surface area contributed by atoms with E-state index in [4.69, 9.17) is 34.8 Å². The summed E-state index contributed by atoms with van der Waals surface area (Å²) in [6.45, 7) is 1.89. The number of hydrogen-bond donors (Lipinski definition) is 2. The number of carbonyl (C=O) groups excluding carboxylic acids is 1. The van der Waals surface area contributed by atoms with Crippen LogP contribution in [0.15, 0.2) is 71.7 Å². The van der Waals surface area contributed by atoms with E-state index in [-0.39, 0.29) is 27.6 Å². The van der Waals surface area contributed by atoms with Gasteiger partial charge >= 0.3 is 5.97 Å². The zero-order valence-electron chi connectivity index (χ0n) is 21.3. The summed E-state index contributed by atoms with van der Waals surface area (Å²) in [5, 5.41) is 14.8. The van der Waals surface area contributed by atoms with E-state index >= 15 is 0 Å². The summed E-state index contributed by atoms with van der Waals surface area (Å²) >= 11 is 18.5. The second-order valence-electron chi connectivity index (χ2n) is 9.36. The molecule has 2 aromatic heterocycles. The quantitative estimate of drug-likeness (QED) is 0.235. The first kappa shape index (κ1) is 27.6. The number of carboxylic acids is 1. The summed E-state index contributed by atoms with van der Waals surface area (Å²) in [6.07, 6.45) is 1.53. The van der Waals surface area contributed by atoms with Crippen LogP contribution in [0.3, 0.4) is 0 Å². The third-order valence-corrected chi connectivity index (χ3v) is 7.82. The average molecular weight is 595 g/mol. The Balaban J connectivity index is 1.59. The van der Waals surface area contributed by atoms with Crippen molar-refractivity contribution >= 4 is 68.5 Å². The zero-order chi connectivity index (χ0) is 28.7. The number of fused-ring (bicyclic) bond motifs is 2. The van der Waals surface area contributed by atoms with Crippen LogP contribution in [0.25, 0.3) is 32.9 Å². The lowest BCUT2D eigenvalue weighted by atomic mass is 9.92. The minimum atomic E-state index is -1.30. The number of pyridine rings is 2. The summed E-state index contributed by atoms with van der Waals surface area (Å²) in [4.78, 5) is 43.2. The van der Waals surface area contributed by atoms with Gasteiger partial charge in [-0.2, -0.15) is 0 Å². The van der Waals surface area contributed by atoms with E-state index in [9.17, 15) is 19.5 Å². The molecule has 1 atom stereocenters. The van der Waals surface area contributed by atoms with Crippen LogP contribution in [-0.2, 0) is 18.3 Å². The number of amides is 1. The summed E-state index contributed by atoms with van der Waals surface area (Å²) in [7, 11) is 1.70. The van der Waals surface area contributed by atoms with E-state index in [1.54, 1.807) is 54.2 Å². The number of aryl methyl sites for hydroxylation is 2. The Morgan fingerprint density at radius 3 is 2.42 bits per heavy atom. The minimum absolute atomic E-state index is 0.000624. The molecule has 40 heavy (non-hydrogen) atoms. The molecule has 2 N–H and O–H groups in total. The number of aromatic nitrogens is 2. The smallest absolute Gasteiger partial charge is 0.326 e. The fourth-order valence-corrected chi connectivity index (χ4v) is 5.70. The molecule has 0 unspecified atom stereocenters. The van der Waals surface area contributed by atoms with Gasteiger partial charge in [-0.1, -0.05) is 65.1 Å². The van der Waals surface area contributed by atoms with Crippen molar-refractivity contribution in [2.24, 2.45) is 7.05 Å². The van der Waals surface area contributed by atoms with Crippen LogP contribution in [0, 0.1) is 6.92 Å². The van der Waals surface area contributed by atoms with E-state index in [0.29, 0.717) is 32.6 Å². The minimum Gasteiger partial charge on any atom is -0.480 e. The van der Waals surface area contributed by atoms with Gasteiger partial charge < -0.3 is 15.0 Å². The number of hydrogen-bond acceptors (Lipinski definition) is 4. The third kappa shape index (κ3) is 4.92. The summed E-state index contributed by atoms with van der Waals surface area (Å²) < 4.78 is 1.56. The number of nitrogens with zero attached hydrogens (tertiary/aromatic N) is 2. The van der Waals surface area contributed by atoms with Gasteiger partial charge in [0, 0.05) is 35.5 Å². The number of nitrogens with one attached hydrogen (secondary N) is 1. The Morgan fingerprint density at radius 1 is 1.00 bits per heavy atom. The maximum atomic E-state index is 13.6. The molecule has 3 aromatic carbocycles. The lowest BCUT2D eigenvalue weighted by Crippen LogP contribution is -2.42. The third-order valence-electron chi connectivity index (χ3n) is 6.96. The molecular weight excluding hydrogens is 573 g/mol. The molecule has 202 valence electrons. The second-order valence-corrected chi connectivity index (χ2v) is 10.6. The Kier molecular flexibility index (Phi) is 7.55. The van der Waals surface area contributed by atoms with Gasteiger partial charge in [0.15, 0.2) is 0 Å². The first-order valence-corrected chi connectivity index (χ1v) is 13.4. The molecule has 0 saturated carbocycles. The number of rotatable bonds is 6. The topological polar surface area (TPSA) is 101 Å². The average Bonchev–Trinajstić information content (AvgIpc) is 2.92.